The molecule has 0 aromatic rings. The van der Waals surface area contributed by atoms with Gasteiger partial charge in [-0.25, -0.2) is 0 Å². The van der Waals surface area contributed by atoms with Crippen LogP contribution in [0.3, 0.4) is 0 Å². The number of thioether (sulfide) groups is 1. The van der Waals surface area contributed by atoms with Gasteiger partial charge in [0.15, 0.2) is 0 Å². The summed E-state index contributed by atoms with van der Waals surface area (Å²) in [5, 5.41) is 41.2. The van der Waals surface area contributed by atoms with Gasteiger partial charge in [0.2, 0.25) is 5.91 Å². The predicted molar refractivity (Wildman–Crippen MR) is 154 cm³/mol. The summed E-state index contributed by atoms with van der Waals surface area (Å²) in [4.78, 5) is 16.1. The number of alkyl halides is 3. The molecule has 0 spiro atoms. The maximum absolute atomic E-state index is 13.7. The van der Waals surface area contributed by atoms with E-state index in [0.717, 1.165) is 58.2 Å². The van der Waals surface area contributed by atoms with Crippen LogP contribution in [-0.2, 0) is 9.53 Å². The number of hydrogen-bond donors (Lipinski definition) is 6. The first-order chi connectivity index (χ1) is 19.5. The molecule has 0 bridgehead atoms. The number of aliphatic hydroxyl groups is 3. The Kier molecular flexibility index (Phi) is 13.9. The van der Waals surface area contributed by atoms with Crippen LogP contribution in [0.4, 0.5) is 13.2 Å². The van der Waals surface area contributed by atoms with E-state index in [1.807, 2.05) is 6.26 Å². The fourth-order valence-electron chi connectivity index (χ4n) is 6.65. The molecule has 0 saturated carbocycles. The molecule has 0 aliphatic carbocycles. The largest absolute Gasteiger partial charge is 0.401 e. The van der Waals surface area contributed by atoms with Crippen molar-refractivity contribution in [3.05, 3.63) is 0 Å². The fraction of sp³-hybridized carbons (Fsp3) is 0.964. The summed E-state index contributed by atoms with van der Waals surface area (Å²) in [6, 6.07) is -0.968. The van der Waals surface area contributed by atoms with Crippen LogP contribution in [0.5, 0.6) is 0 Å². The lowest BCUT2D eigenvalue weighted by molar-refractivity contribution is -0.219. The van der Waals surface area contributed by atoms with Crippen LogP contribution in [0.25, 0.3) is 0 Å². The first-order valence-electron chi connectivity index (χ1n) is 15.2. The number of aliphatic hydroxyl groups excluding tert-OH is 2. The Labute approximate surface area is 246 Å². The van der Waals surface area contributed by atoms with E-state index in [0.29, 0.717) is 31.8 Å². The highest BCUT2D eigenvalue weighted by Gasteiger charge is 2.52. The second kappa shape index (κ2) is 16.4. The minimum Gasteiger partial charge on any atom is -0.393 e. The van der Waals surface area contributed by atoms with E-state index in [9.17, 15) is 33.3 Å². The number of amides is 1. The molecular weight excluding hydrogens is 561 g/mol. The molecule has 7 unspecified atom stereocenters. The highest BCUT2D eigenvalue weighted by molar-refractivity contribution is 7.99. The normalized spacial score (nSPS) is 33.3. The number of nitrogens with zero attached hydrogens (tertiary/aromatic N) is 1. The number of ether oxygens (including phenoxy) is 1. The third-order valence-corrected chi connectivity index (χ3v) is 9.81. The monoisotopic (exact) mass is 612 g/mol. The van der Waals surface area contributed by atoms with Crippen molar-refractivity contribution in [2.24, 2.45) is 11.8 Å². The van der Waals surface area contributed by atoms with Gasteiger partial charge >= 0.3 is 6.18 Å². The molecule has 3 saturated heterocycles. The summed E-state index contributed by atoms with van der Waals surface area (Å²) in [6.07, 6.45) is 2.18. The number of hydrogen-bond acceptors (Lipinski definition) is 9. The maximum Gasteiger partial charge on any atom is 0.401 e. The van der Waals surface area contributed by atoms with Crippen LogP contribution >= 0.6 is 11.8 Å². The fourth-order valence-corrected chi connectivity index (χ4v) is 7.29. The zero-order valence-electron chi connectivity index (χ0n) is 24.5. The number of halogens is 3. The van der Waals surface area contributed by atoms with Crippen molar-refractivity contribution in [2.45, 2.75) is 106 Å². The topological polar surface area (TPSA) is 126 Å². The van der Waals surface area contributed by atoms with E-state index in [-0.39, 0.29) is 18.2 Å². The van der Waals surface area contributed by atoms with Gasteiger partial charge in [0.1, 0.15) is 17.1 Å². The Bertz CT molecular complexity index is 792. The van der Waals surface area contributed by atoms with Crippen molar-refractivity contribution in [1.82, 2.24) is 20.9 Å². The van der Waals surface area contributed by atoms with Crippen molar-refractivity contribution in [1.29, 1.82) is 0 Å². The lowest BCUT2D eigenvalue weighted by atomic mass is 9.77. The minimum atomic E-state index is -4.21. The van der Waals surface area contributed by atoms with E-state index < -0.39 is 54.7 Å². The molecule has 1 amide bonds. The van der Waals surface area contributed by atoms with Gasteiger partial charge in [0, 0.05) is 6.42 Å². The van der Waals surface area contributed by atoms with Crippen molar-refractivity contribution >= 4 is 17.7 Å². The van der Waals surface area contributed by atoms with E-state index >= 15 is 0 Å². The zero-order chi connectivity index (χ0) is 30.0. The lowest BCUT2D eigenvalue weighted by Gasteiger charge is -2.50. The highest BCUT2D eigenvalue weighted by Crippen LogP contribution is 2.38. The smallest absolute Gasteiger partial charge is 0.393 e. The number of piperidine rings is 1. The van der Waals surface area contributed by atoms with E-state index in [1.54, 1.807) is 0 Å². The molecule has 7 atom stereocenters. The summed E-state index contributed by atoms with van der Waals surface area (Å²) in [5.41, 5.74) is -2.26. The molecule has 3 fully saturated rings. The Morgan fingerprint density at radius 2 is 1.95 bits per heavy atom. The van der Waals surface area contributed by atoms with E-state index in [4.69, 9.17) is 4.74 Å². The average Bonchev–Trinajstić information content (AvgIpc) is 3.18. The quantitative estimate of drug-likeness (QED) is 0.173. The summed E-state index contributed by atoms with van der Waals surface area (Å²) in [7, 11) is 0. The molecule has 3 heterocycles. The van der Waals surface area contributed by atoms with Gasteiger partial charge in [0.05, 0.1) is 31.3 Å². The van der Waals surface area contributed by atoms with Gasteiger partial charge < -0.3 is 40.9 Å². The van der Waals surface area contributed by atoms with Gasteiger partial charge in [-0.15, -0.1) is 11.8 Å². The summed E-state index contributed by atoms with van der Waals surface area (Å²) in [6.45, 7) is 4.31. The van der Waals surface area contributed by atoms with Gasteiger partial charge in [-0.2, -0.15) is 13.2 Å². The van der Waals surface area contributed by atoms with Crippen molar-refractivity contribution in [3.63, 3.8) is 0 Å². The van der Waals surface area contributed by atoms with E-state index in [2.05, 4.69) is 27.8 Å². The molecule has 9 nitrogen and oxygen atoms in total. The molecule has 0 radical (unpaired) electrons. The van der Waals surface area contributed by atoms with Gasteiger partial charge in [-0.1, -0.05) is 6.92 Å². The van der Waals surface area contributed by atoms with Gasteiger partial charge in [0.25, 0.3) is 0 Å². The van der Waals surface area contributed by atoms with E-state index in [1.165, 1.54) is 11.8 Å². The SMILES string of the molecule is CCCN1CCC(C(NC(=O)C2CCC(CCCNCC(F)(F)F)CCN2)C2OC(SC)C(O)CC2(O)CO)CC1. The average molecular weight is 613 g/mol. The Morgan fingerprint density at radius 1 is 1.22 bits per heavy atom. The van der Waals surface area contributed by atoms with Crippen LogP contribution < -0.4 is 16.0 Å². The summed E-state index contributed by atoms with van der Waals surface area (Å²) in [5.74, 6) is 0.196. The second-order valence-corrected chi connectivity index (χ2v) is 13.0. The third-order valence-electron chi connectivity index (χ3n) is 8.92. The molecule has 0 aromatic carbocycles. The summed E-state index contributed by atoms with van der Waals surface area (Å²) >= 11 is 1.34. The maximum atomic E-state index is 13.7. The molecule has 6 N–H and O–H groups in total. The summed E-state index contributed by atoms with van der Waals surface area (Å²) < 4.78 is 43.3. The minimum absolute atomic E-state index is 0.0376. The van der Waals surface area contributed by atoms with Crippen molar-refractivity contribution in [2.75, 3.05) is 52.1 Å². The number of carbonyl (C=O) groups is 1. The molecule has 41 heavy (non-hydrogen) atoms. The van der Waals surface area contributed by atoms with Crippen LogP contribution in [-0.4, -0.2) is 120 Å². The van der Waals surface area contributed by atoms with Crippen molar-refractivity contribution < 1.29 is 38.0 Å². The van der Waals surface area contributed by atoms with Crippen LogP contribution in [0.2, 0.25) is 0 Å². The number of likely N-dealkylation sites (tertiary alicyclic amines) is 1. The molecule has 3 rings (SSSR count). The first kappa shape index (κ1) is 34.8. The van der Waals surface area contributed by atoms with Crippen LogP contribution in [0, 0.1) is 11.8 Å². The van der Waals surface area contributed by atoms with Gasteiger partial charge in [-0.05, 0) is 102 Å². The molecule has 3 aliphatic heterocycles. The highest BCUT2D eigenvalue weighted by atomic mass is 32.2. The molecule has 240 valence electrons. The lowest BCUT2D eigenvalue weighted by Crippen LogP contribution is -2.67. The van der Waals surface area contributed by atoms with Crippen molar-refractivity contribution in [3.8, 4) is 0 Å². The zero-order valence-corrected chi connectivity index (χ0v) is 25.3. The number of nitrogens with one attached hydrogen (secondary N) is 3. The Hall–Kier alpha value is -0.670. The molecule has 0 aromatic heterocycles. The standard InChI is InChI=1S/C28H51F3N4O5S/c1-3-13-35-14-9-20(10-15-35)23(24-27(39,18-36)16-22(37)26(40-24)41-2)34-25(38)21-7-6-19(8-12-33-21)5-4-11-32-17-28(29,30)31/h19-24,26,32-33,36-37,39H,3-18H2,1-2H3,(H,34,38). The Balaban J connectivity index is 1.64. The second-order valence-electron chi connectivity index (χ2n) is 12.1. The third kappa shape index (κ3) is 10.5. The van der Waals surface area contributed by atoms with Gasteiger partial charge in [-0.3, -0.25) is 4.79 Å². The number of rotatable bonds is 13. The molecule has 13 heteroatoms. The molecule has 3 aliphatic rings. The van der Waals surface area contributed by atoms with Crippen LogP contribution in [0.15, 0.2) is 0 Å². The Morgan fingerprint density at radius 3 is 2.59 bits per heavy atom. The predicted octanol–water partition coefficient (Wildman–Crippen LogP) is 1.85. The first-order valence-corrected chi connectivity index (χ1v) is 16.5. The molecular formula is C28H51F3N4O5S. The van der Waals surface area contributed by atoms with Crippen LogP contribution in [0.1, 0.15) is 64.7 Å². The number of carbonyl (C=O) groups excluding carboxylic acids is 1.